The first-order valence-corrected chi connectivity index (χ1v) is 11.9. The number of hydrogen-bond acceptors (Lipinski definition) is 7. The number of nitrogens with one attached hydrogen (secondary N) is 1. The number of amides is 1. The highest BCUT2D eigenvalue weighted by Crippen LogP contribution is 2.29. The first-order valence-electron chi connectivity index (χ1n) is 10.1. The van der Waals surface area contributed by atoms with Crippen molar-refractivity contribution in [2.75, 3.05) is 11.1 Å². The van der Waals surface area contributed by atoms with Crippen LogP contribution in [0, 0.1) is 17.6 Å². The molecule has 4 rings (SSSR count). The van der Waals surface area contributed by atoms with Gasteiger partial charge in [-0.1, -0.05) is 49.1 Å². The lowest BCUT2D eigenvalue weighted by molar-refractivity contribution is -0.113. The van der Waals surface area contributed by atoms with Gasteiger partial charge < -0.3 is 0 Å². The van der Waals surface area contributed by atoms with Gasteiger partial charge in [0.2, 0.25) is 11.0 Å². The van der Waals surface area contributed by atoms with E-state index in [-0.39, 0.29) is 23.0 Å². The van der Waals surface area contributed by atoms with Crippen LogP contribution < -0.4 is 5.32 Å². The van der Waals surface area contributed by atoms with E-state index in [1.165, 1.54) is 29.5 Å². The van der Waals surface area contributed by atoms with E-state index in [4.69, 9.17) is 0 Å². The third kappa shape index (κ3) is 5.60. The summed E-state index contributed by atoms with van der Waals surface area (Å²) in [5.74, 6) is -0.426. The van der Waals surface area contributed by atoms with Crippen LogP contribution in [-0.4, -0.2) is 36.6 Å². The molecule has 0 aliphatic carbocycles. The molecule has 2 heterocycles. The van der Waals surface area contributed by atoms with Crippen molar-refractivity contribution < 1.29 is 13.6 Å². The van der Waals surface area contributed by atoms with Crippen LogP contribution in [-0.2, 0) is 11.2 Å². The van der Waals surface area contributed by atoms with Gasteiger partial charge in [0.1, 0.15) is 16.6 Å². The summed E-state index contributed by atoms with van der Waals surface area (Å²) in [6.07, 6.45) is 0.794. The van der Waals surface area contributed by atoms with Gasteiger partial charge in [0.15, 0.2) is 11.0 Å². The lowest BCUT2D eigenvalue weighted by Gasteiger charge is -2.10. The summed E-state index contributed by atoms with van der Waals surface area (Å²) in [5, 5.41) is 20.8. The standard InChI is InChI=1S/C22H20F2N6OS2/c1-13(2)11-19-26-28-21(33-19)25-18(31)12-32-22-29-27-20(16-5-3-4-6-17(16)24)30(22)15-9-7-14(23)8-10-15/h3-10,13H,11-12H2,1-2H3,(H,25,28,31). The number of halogens is 2. The van der Waals surface area contributed by atoms with Crippen LogP contribution in [0.2, 0.25) is 0 Å². The van der Waals surface area contributed by atoms with Gasteiger partial charge in [0.05, 0.1) is 11.3 Å². The Bertz CT molecular complexity index is 1260. The Morgan fingerprint density at radius 2 is 1.82 bits per heavy atom. The maximum absolute atomic E-state index is 14.5. The van der Waals surface area contributed by atoms with Crippen molar-refractivity contribution in [3.8, 4) is 17.1 Å². The molecule has 2 aromatic carbocycles. The molecule has 2 aromatic heterocycles. The quantitative estimate of drug-likeness (QED) is 0.353. The number of rotatable bonds is 8. The third-order valence-electron chi connectivity index (χ3n) is 4.46. The Labute approximate surface area is 197 Å². The maximum atomic E-state index is 14.5. The van der Waals surface area contributed by atoms with Crippen LogP contribution in [0.4, 0.5) is 13.9 Å². The summed E-state index contributed by atoms with van der Waals surface area (Å²) in [4.78, 5) is 12.5. The lowest BCUT2D eigenvalue weighted by Crippen LogP contribution is -2.14. The molecule has 1 N–H and O–H groups in total. The Kier molecular flexibility index (Phi) is 7.09. The molecule has 0 spiro atoms. The highest BCUT2D eigenvalue weighted by molar-refractivity contribution is 7.99. The minimum Gasteiger partial charge on any atom is -0.300 e. The summed E-state index contributed by atoms with van der Waals surface area (Å²) >= 11 is 2.47. The largest absolute Gasteiger partial charge is 0.300 e. The number of carbonyl (C=O) groups is 1. The van der Waals surface area contributed by atoms with Gasteiger partial charge in [-0.3, -0.25) is 14.7 Å². The molecule has 0 saturated heterocycles. The van der Waals surface area contributed by atoms with E-state index in [0.29, 0.717) is 21.9 Å². The second kappa shape index (κ2) is 10.2. The molecular formula is C22H20F2N6OS2. The first-order chi connectivity index (χ1) is 15.9. The lowest BCUT2D eigenvalue weighted by atomic mass is 10.1. The number of anilines is 1. The Balaban J connectivity index is 1.55. The number of hydrogen-bond donors (Lipinski definition) is 1. The van der Waals surface area contributed by atoms with Crippen molar-refractivity contribution in [2.24, 2.45) is 5.92 Å². The van der Waals surface area contributed by atoms with Crippen LogP contribution >= 0.6 is 23.1 Å². The number of aromatic nitrogens is 5. The zero-order valence-corrected chi connectivity index (χ0v) is 19.5. The average molecular weight is 487 g/mol. The van der Waals surface area contributed by atoms with Gasteiger partial charge in [-0.25, -0.2) is 8.78 Å². The molecule has 0 bridgehead atoms. The van der Waals surface area contributed by atoms with Crippen LogP contribution in [0.25, 0.3) is 17.1 Å². The van der Waals surface area contributed by atoms with E-state index < -0.39 is 11.6 Å². The molecule has 11 heteroatoms. The molecule has 0 radical (unpaired) electrons. The second-order valence-electron chi connectivity index (χ2n) is 7.53. The average Bonchev–Trinajstić information content (AvgIpc) is 3.39. The fourth-order valence-electron chi connectivity index (χ4n) is 3.02. The SMILES string of the molecule is CC(C)Cc1nnc(NC(=O)CSc2nnc(-c3ccccc3F)n2-c2ccc(F)cc2)s1. The van der Waals surface area contributed by atoms with Crippen molar-refractivity contribution >= 4 is 34.1 Å². The molecule has 0 unspecified atom stereocenters. The van der Waals surface area contributed by atoms with Gasteiger partial charge in [-0.15, -0.1) is 20.4 Å². The second-order valence-corrected chi connectivity index (χ2v) is 9.54. The fourth-order valence-corrected chi connectivity index (χ4v) is 4.74. The number of thioether (sulfide) groups is 1. The van der Waals surface area contributed by atoms with Gasteiger partial charge >= 0.3 is 0 Å². The minimum absolute atomic E-state index is 0.0235. The van der Waals surface area contributed by atoms with E-state index in [2.05, 4.69) is 39.6 Å². The van der Waals surface area contributed by atoms with Crippen LogP contribution in [0.1, 0.15) is 18.9 Å². The summed E-state index contributed by atoms with van der Waals surface area (Å²) in [6, 6.07) is 11.9. The molecule has 0 saturated carbocycles. The highest BCUT2D eigenvalue weighted by atomic mass is 32.2. The van der Waals surface area contributed by atoms with Gasteiger partial charge in [0.25, 0.3) is 0 Å². The molecule has 0 aliphatic heterocycles. The molecule has 0 atom stereocenters. The number of carbonyl (C=O) groups excluding carboxylic acids is 1. The Hall–Kier alpha value is -3.18. The molecular weight excluding hydrogens is 466 g/mol. The summed E-state index contributed by atoms with van der Waals surface area (Å²) in [6.45, 7) is 4.17. The van der Waals surface area contributed by atoms with Crippen LogP contribution in [0.3, 0.4) is 0 Å². The van der Waals surface area contributed by atoms with Crippen LogP contribution in [0.15, 0.2) is 53.7 Å². The van der Waals surface area contributed by atoms with Gasteiger partial charge in [-0.05, 0) is 42.3 Å². The van der Waals surface area contributed by atoms with Crippen molar-refractivity contribution in [2.45, 2.75) is 25.4 Å². The molecule has 4 aromatic rings. The molecule has 1 amide bonds. The van der Waals surface area contributed by atoms with Crippen molar-refractivity contribution in [3.63, 3.8) is 0 Å². The summed E-state index contributed by atoms with van der Waals surface area (Å²) in [7, 11) is 0. The Morgan fingerprint density at radius 3 is 2.55 bits per heavy atom. The first kappa shape index (κ1) is 23.0. The van der Waals surface area contributed by atoms with Crippen molar-refractivity contribution in [1.29, 1.82) is 0 Å². The summed E-state index contributed by atoms with van der Waals surface area (Å²) in [5.41, 5.74) is 0.794. The van der Waals surface area contributed by atoms with E-state index in [0.717, 1.165) is 23.2 Å². The van der Waals surface area contributed by atoms with E-state index in [9.17, 15) is 13.6 Å². The molecule has 7 nitrogen and oxygen atoms in total. The molecule has 33 heavy (non-hydrogen) atoms. The van der Waals surface area contributed by atoms with Crippen molar-refractivity contribution in [1.82, 2.24) is 25.0 Å². The maximum Gasteiger partial charge on any atom is 0.236 e. The predicted octanol–water partition coefficient (Wildman–Crippen LogP) is 4.99. The van der Waals surface area contributed by atoms with Gasteiger partial charge in [-0.2, -0.15) is 0 Å². The Morgan fingerprint density at radius 1 is 1.06 bits per heavy atom. The predicted molar refractivity (Wildman–Crippen MR) is 125 cm³/mol. The van der Waals surface area contributed by atoms with Gasteiger partial charge in [0, 0.05) is 12.1 Å². The zero-order chi connectivity index (χ0) is 23.4. The summed E-state index contributed by atoms with van der Waals surface area (Å²) < 4.78 is 29.5. The fraction of sp³-hybridized carbons (Fsp3) is 0.227. The monoisotopic (exact) mass is 486 g/mol. The topological polar surface area (TPSA) is 85.6 Å². The van der Waals surface area contributed by atoms with E-state index >= 15 is 0 Å². The highest BCUT2D eigenvalue weighted by Gasteiger charge is 2.20. The van der Waals surface area contributed by atoms with Crippen LogP contribution in [0.5, 0.6) is 0 Å². The van der Waals surface area contributed by atoms with E-state index in [1.54, 1.807) is 34.9 Å². The molecule has 0 fully saturated rings. The minimum atomic E-state index is -0.462. The van der Waals surface area contributed by atoms with Crippen molar-refractivity contribution in [3.05, 3.63) is 65.2 Å². The normalized spacial score (nSPS) is 11.2. The third-order valence-corrected chi connectivity index (χ3v) is 6.25. The smallest absolute Gasteiger partial charge is 0.236 e. The number of benzene rings is 2. The molecule has 0 aliphatic rings. The molecule has 170 valence electrons. The van der Waals surface area contributed by atoms with E-state index in [1.807, 2.05) is 0 Å². The number of nitrogens with zero attached hydrogens (tertiary/aromatic N) is 5. The zero-order valence-electron chi connectivity index (χ0n) is 17.8.